The molecule has 3 fully saturated rings. The van der Waals surface area contributed by atoms with Gasteiger partial charge in [0.25, 0.3) is 0 Å². The largest absolute Gasteiger partial charge is 0.0845 e. The molecule has 1 unspecified atom stereocenters. The quantitative estimate of drug-likeness (QED) is 0.426. The Morgan fingerprint density at radius 3 is 2.56 bits per heavy atom. The van der Waals surface area contributed by atoms with Crippen molar-refractivity contribution in [2.24, 2.45) is 46.3 Å². The predicted octanol–water partition coefficient (Wildman–Crippen LogP) is 8.42. The van der Waals surface area contributed by atoms with Crippen molar-refractivity contribution in [3.63, 3.8) is 0 Å². The summed E-state index contributed by atoms with van der Waals surface area (Å²) in [5, 5.41) is 0. The topological polar surface area (TPSA) is 0 Å². The first-order valence-electron chi connectivity index (χ1n) is 12.6. The highest BCUT2D eigenvalue weighted by Crippen LogP contribution is 2.67. The Morgan fingerprint density at radius 1 is 0.963 bits per heavy atom. The molecule has 0 nitrogen and oxygen atoms in total. The zero-order valence-corrected chi connectivity index (χ0v) is 19.0. The highest BCUT2D eigenvalue weighted by atomic mass is 14.6. The van der Waals surface area contributed by atoms with Crippen LogP contribution >= 0.6 is 0 Å². The lowest BCUT2D eigenvalue weighted by Gasteiger charge is -2.58. The molecule has 0 heterocycles. The lowest BCUT2D eigenvalue weighted by Crippen LogP contribution is -2.50. The molecule has 4 aliphatic rings. The van der Waals surface area contributed by atoms with E-state index in [0.717, 1.165) is 35.5 Å². The molecule has 3 saturated carbocycles. The third-order valence-electron chi connectivity index (χ3n) is 10.2. The van der Waals surface area contributed by atoms with Crippen LogP contribution in [-0.4, -0.2) is 0 Å². The zero-order chi connectivity index (χ0) is 19.2. The molecule has 154 valence electrons. The average molecular weight is 371 g/mol. The highest BCUT2D eigenvalue weighted by molar-refractivity contribution is 5.24. The summed E-state index contributed by atoms with van der Waals surface area (Å²) >= 11 is 0. The minimum atomic E-state index is 0.573. The van der Waals surface area contributed by atoms with Gasteiger partial charge in [0.15, 0.2) is 0 Å². The van der Waals surface area contributed by atoms with Crippen LogP contribution in [0.15, 0.2) is 11.6 Å². The molecule has 0 amide bonds. The number of rotatable bonds is 5. The zero-order valence-electron chi connectivity index (χ0n) is 19.0. The van der Waals surface area contributed by atoms with Crippen molar-refractivity contribution >= 4 is 0 Å². The van der Waals surface area contributed by atoms with Crippen molar-refractivity contribution in [2.45, 2.75) is 112 Å². The second kappa shape index (κ2) is 7.53. The molecule has 4 aliphatic carbocycles. The summed E-state index contributed by atoms with van der Waals surface area (Å²) < 4.78 is 0. The number of allylic oxidation sites excluding steroid dienone is 2. The van der Waals surface area contributed by atoms with E-state index in [9.17, 15) is 0 Å². The number of hydrogen-bond acceptors (Lipinski definition) is 0. The highest BCUT2D eigenvalue weighted by Gasteiger charge is 2.58. The monoisotopic (exact) mass is 370 g/mol. The molecule has 7 atom stereocenters. The molecule has 0 aromatic carbocycles. The molecule has 0 heteroatoms. The molecule has 0 bridgehead atoms. The fraction of sp³-hybridized carbons (Fsp3) is 0.926. The van der Waals surface area contributed by atoms with Gasteiger partial charge in [0.1, 0.15) is 0 Å². The molecule has 0 radical (unpaired) electrons. The van der Waals surface area contributed by atoms with Gasteiger partial charge in [0, 0.05) is 0 Å². The van der Waals surface area contributed by atoms with E-state index in [0.29, 0.717) is 10.8 Å². The first kappa shape index (κ1) is 20.0. The Kier molecular flexibility index (Phi) is 5.59. The maximum atomic E-state index is 2.74. The van der Waals surface area contributed by atoms with Gasteiger partial charge in [-0.15, -0.1) is 0 Å². The van der Waals surface area contributed by atoms with E-state index >= 15 is 0 Å². The lowest BCUT2D eigenvalue weighted by atomic mass is 9.47. The summed E-state index contributed by atoms with van der Waals surface area (Å²) in [6.45, 7) is 12.8. The van der Waals surface area contributed by atoms with Crippen molar-refractivity contribution in [3.05, 3.63) is 11.6 Å². The Morgan fingerprint density at radius 2 is 1.78 bits per heavy atom. The molecule has 0 aliphatic heterocycles. The van der Waals surface area contributed by atoms with Gasteiger partial charge >= 0.3 is 0 Å². The normalized spacial score (nSPS) is 45.0. The number of hydrogen-bond donors (Lipinski definition) is 0. The average Bonchev–Trinajstić information content (AvgIpc) is 2.98. The third kappa shape index (κ3) is 3.36. The van der Waals surface area contributed by atoms with E-state index < -0.39 is 0 Å². The van der Waals surface area contributed by atoms with E-state index in [1.807, 2.05) is 5.57 Å². The maximum absolute atomic E-state index is 2.74. The van der Waals surface area contributed by atoms with Gasteiger partial charge in [-0.25, -0.2) is 0 Å². The number of fused-ring (bicyclic) bond motifs is 5. The minimum absolute atomic E-state index is 0.573. The molecule has 0 spiro atoms. The lowest BCUT2D eigenvalue weighted by molar-refractivity contribution is -0.0500. The van der Waals surface area contributed by atoms with E-state index in [4.69, 9.17) is 0 Å². The molecule has 4 rings (SSSR count). The summed E-state index contributed by atoms with van der Waals surface area (Å²) in [4.78, 5) is 0. The van der Waals surface area contributed by atoms with Crippen LogP contribution in [0.25, 0.3) is 0 Å². The van der Waals surface area contributed by atoms with Crippen LogP contribution in [0.3, 0.4) is 0 Å². The minimum Gasteiger partial charge on any atom is -0.0845 e. The van der Waals surface area contributed by atoms with Crippen LogP contribution in [0, 0.1) is 46.3 Å². The summed E-state index contributed by atoms with van der Waals surface area (Å²) in [5.74, 6) is 5.84. The van der Waals surface area contributed by atoms with E-state index in [2.05, 4.69) is 40.7 Å². The summed E-state index contributed by atoms with van der Waals surface area (Å²) in [6.07, 6.45) is 20.5. The molecule has 27 heavy (non-hydrogen) atoms. The second-order valence-electron chi connectivity index (χ2n) is 12.0. The molecular formula is C27H46. The van der Waals surface area contributed by atoms with Crippen LogP contribution in [0.4, 0.5) is 0 Å². The molecule has 0 N–H and O–H groups in total. The first-order valence-corrected chi connectivity index (χ1v) is 12.6. The molecular weight excluding hydrogens is 324 g/mol. The Hall–Kier alpha value is -0.260. The van der Waals surface area contributed by atoms with Crippen LogP contribution in [-0.2, 0) is 0 Å². The Labute approximate surface area is 170 Å². The van der Waals surface area contributed by atoms with Crippen LogP contribution in [0.1, 0.15) is 112 Å². The summed E-state index contributed by atoms with van der Waals surface area (Å²) in [7, 11) is 0. The fourth-order valence-electron chi connectivity index (χ4n) is 8.72. The Balaban J connectivity index is 1.49. The van der Waals surface area contributed by atoms with Crippen molar-refractivity contribution in [1.82, 2.24) is 0 Å². The van der Waals surface area contributed by atoms with E-state index in [1.54, 1.807) is 0 Å². The van der Waals surface area contributed by atoms with E-state index in [-0.39, 0.29) is 0 Å². The van der Waals surface area contributed by atoms with Crippen molar-refractivity contribution in [2.75, 3.05) is 0 Å². The van der Waals surface area contributed by atoms with Gasteiger partial charge in [0.2, 0.25) is 0 Å². The van der Waals surface area contributed by atoms with Crippen molar-refractivity contribution < 1.29 is 0 Å². The first-order chi connectivity index (χ1) is 12.9. The standard InChI is InChI=1S/C27H46/c1-19(2)9-8-10-20(3)23-14-15-24-22-13-12-21-11-6-7-17-26(21,4)25(22)16-18-27(23,24)5/h12,19-20,22-25H,6-11,13-18H2,1-5H3/t20-,22?,23-,24+,25+,26+,27-/m1/s1. The van der Waals surface area contributed by atoms with Crippen molar-refractivity contribution in [1.29, 1.82) is 0 Å². The Bertz CT molecular complexity index is 556. The van der Waals surface area contributed by atoms with Gasteiger partial charge < -0.3 is 0 Å². The van der Waals surface area contributed by atoms with Gasteiger partial charge in [-0.05, 0) is 97.7 Å². The van der Waals surface area contributed by atoms with Gasteiger partial charge in [-0.1, -0.05) is 72.0 Å². The van der Waals surface area contributed by atoms with Crippen molar-refractivity contribution in [3.8, 4) is 0 Å². The summed E-state index contributed by atoms with van der Waals surface area (Å²) in [6, 6.07) is 0. The van der Waals surface area contributed by atoms with Gasteiger partial charge in [-0.2, -0.15) is 0 Å². The molecule has 0 saturated heterocycles. The third-order valence-corrected chi connectivity index (χ3v) is 10.2. The SMILES string of the molecule is CC(C)CCC[C@@H](C)[C@H]1CC[C@H]2C3CC=C4CCCC[C@]4(C)[C@H]3CC[C@]12C. The second-order valence-corrected chi connectivity index (χ2v) is 12.0. The fourth-order valence-corrected chi connectivity index (χ4v) is 8.72. The van der Waals surface area contributed by atoms with Crippen LogP contribution < -0.4 is 0 Å². The van der Waals surface area contributed by atoms with E-state index in [1.165, 1.54) is 77.0 Å². The van der Waals surface area contributed by atoms with Crippen LogP contribution in [0.2, 0.25) is 0 Å². The maximum Gasteiger partial charge on any atom is -0.00853 e. The van der Waals surface area contributed by atoms with Gasteiger partial charge in [-0.3, -0.25) is 0 Å². The van der Waals surface area contributed by atoms with Gasteiger partial charge in [0.05, 0.1) is 0 Å². The summed E-state index contributed by atoms with van der Waals surface area (Å²) in [5.41, 5.74) is 3.09. The van der Waals surface area contributed by atoms with Crippen LogP contribution in [0.5, 0.6) is 0 Å². The molecule has 0 aromatic rings. The smallest absolute Gasteiger partial charge is 0.00853 e. The predicted molar refractivity (Wildman–Crippen MR) is 118 cm³/mol. The molecule has 0 aromatic heterocycles.